The molecule has 0 saturated carbocycles. The topological polar surface area (TPSA) is 66.2 Å². The molecule has 0 aliphatic heterocycles. The maximum Gasteiger partial charge on any atom is 0.0566 e. The van der Waals surface area contributed by atoms with Crippen LogP contribution in [0, 0.1) is 0 Å². The predicted octanol–water partition coefficient (Wildman–Crippen LogP) is 3.85. The minimum absolute atomic E-state index is 0.698. The van der Waals surface area contributed by atoms with Crippen molar-refractivity contribution in [1.82, 2.24) is 4.98 Å². The second-order valence-electron chi connectivity index (χ2n) is 4.39. The van der Waals surface area contributed by atoms with Crippen LogP contribution in [0.15, 0.2) is 53.8 Å². The molecule has 0 atom stereocenters. The highest BCUT2D eigenvalue weighted by Crippen LogP contribution is 2.23. The number of aromatic amines is 1. The van der Waals surface area contributed by atoms with Gasteiger partial charge in [-0.25, -0.2) is 0 Å². The van der Waals surface area contributed by atoms with E-state index < -0.39 is 0 Å². The number of benzene rings is 2. The smallest absolute Gasteiger partial charge is 0.0566 e. The highest BCUT2D eigenvalue weighted by Gasteiger charge is 2.04. The van der Waals surface area contributed by atoms with E-state index in [1.807, 2.05) is 48.7 Å². The fourth-order valence-corrected chi connectivity index (χ4v) is 2.17. The summed E-state index contributed by atoms with van der Waals surface area (Å²) in [4.78, 5) is 3.17. The number of rotatable bonds is 3. The lowest BCUT2D eigenvalue weighted by atomic mass is 10.1. The molecule has 1 aromatic heterocycles. The zero-order valence-corrected chi connectivity index (χ0v) is 11.4. The predicted molar refractivity (Wildman–Crippen MR) is 85.4 cm³/mol. The lowest BCUT2D eigenvalue weighted by Gasteiger charge is -2.00. The summed E-state index contributed by atoms with van der Waals surface area (Å²) in [5, 5.41) is 5.89. The second-order valence-corrected chi connectivity index (χ2v) is 4.83. The molecule has 0 fully saturated rings. The number of hydrazone groups is 1. The minimum atomic E-state index is 0.698. The molecule has 0 bridgehead atoms. The first-order chi connectivity index (χ1) is 9.74. The largest absolute Gasteiger partial charge is 0.398 e. The van der Waals surface area contributed by atoms with Crippen molar-refractivity contribution >= 4 is 40.1 Å². The third-order valence-corrected chi connectivity index (χ3v) is 3.26. The van der Waals surface area contributed by atoms with Crippen LogP contribution in [0.5, 0.6) is 0 Å². The lowest BCUT2D eigenvalue weighted by Crippen LogP contribution is -1.91. The number of hydrogen-bond donors (Lipinski definition) is 3. The van der Waals surface area contributed by atoms with Crippen LogP contribution in [0.3, 0.4) is 0 Å². The SMILES string of the molecule is Nc1cccc2[nH]cc(/C=N/Nc3ccc(Cl)cc3)c12. The van der Waals surface area contributed by atoms with E-state index in [0.29, 0.717) is 5.02 Å². The van der Waals surface area contributed by atoms with Gasteiger partial charge in [0.15, 0.2) is 0 Å². The van der Waals surface area contributed by atoms with Crippen LogP contribution in [0.25, 0.3) is 10.9 Å². The summed E-state index contributed by atoms with van der Waals surface area (Å²) >= 11 is 5.83. The van der Waals surface area contributed by atoms with Crippen LogP contribution in [0.2, 0.25) is 5.02 Å². The zero-order valence-electron chi connectivity index (χ0n) is 10.6. The molecule has 100 valence electrons. The first-order valence-electron chi connectivity index (χ1n) is 6.14. The van der Waals surface area contributed by atoms with Crippen molar-refractivity contribution in [3.05, 3.63) is 59.2 Å². The van der Waals surface area contributed by atoms with Gasteiger partial charge in [0, 0.05) is 33.4 Å². The molecule has 5 heteroatoms. The molecule has 0 radical (unpaired) electrons. The van der Waals surface area contributed by atoms with E-state index in [2.05, 4.69) is 15.5 Å². The van der Waals surface area contributed by atoms with Crippen LogP contribution >= 0.6 is 11.6 Å². The van der Waals surface area contributed by atoms with Crippen molar-refractivity contribution in [2.75, 3.05) is 11.2 Å². The van der Waals surface area contributed by atoms with Crippen molar-refractivity contribution in [1.29, 1.82) is 0 Å². The van der Waals surface area contributed by atoms with Crippen molar-refractivity contribution in [2.24, 2.45) is 5.10 Å². The number of anilines is 2. The molecule has 0 unspecified atom stereocenters. The Balaban J connectivity index is 1.82. The summed E-state index contributed by atoms with van der Waals surface area (Å²) in [7, 11) is 0. The average Bonchev–Trinajstić information content (AvgIpc) is 2.86. The van der Waals surface area contributed by atoms with Crippen molar-refractivity contribution in [2.45, 2.75) is 0 Å². The van der Waals surface area contributed by atoms with Gasteiger partial charge in [-0.1, -0.05) is 17.7 Å². The summed E-state index contributed by atoms with van der Waals surface area (Å²) in [5.74, 6) is 0. The number of nitrogens with zero attached hydrogens (tertiary/aromatic N) is 1. The van der Waals surface area contributed by atoms with Crippen molar-refractivity contribution < 1.29 is 0 Å². The van der Waals surface area contributed by atoms with E-state index in [4.69, 9.17) is 17.3 Å². The molecule has 3 aromatic rings. The van der Waals surface area contributed by atoms with E-state index in [-0.39, 0.29) is 0 Å². The summed E-state index contributed by atoms with van der Waals surface area (Å²) in [6, 6.07) is 13.1. The molecular formula is C15H13ClN4. The second kappa shape index (κ2) is 5.27. The van der Waals surface area contributed by atoms with Crippen molar-refractivity contribution in [3.63, 3.8) is 0 Å². The molecular weight excluding hydrogens is 272 g/mol. The van der Waals surface area contributed by atoms with Gasteiger partial charge in [-0.15, -0.1) is 0 Å². The maximum atomic E-state index is 5.98. The zero-order chi connectivity index (χ0) is 13.9. The van der Waals surface area contributed by atoms with Crippen LogP contribution in [-0.4, -0.2) is 11.2 Å². The Morgan fingerprint density at radius 1 is 1.15 bits per heavy atom. The Bertz CT molecular complexity index is 759. The molecule has 4 N–H and O–H groups in total. The Hall–Kier alpha value is -2.46. The van der Waals surface area contributed by atoms with Gasteiger partial charge in [-0.2, -0.15) is 5.10 Å². The van der Waals surface area contributed by atoms with E-state index >= 15 is 0 Å². The standard InChI is InChI=1S/C15H13ClN4/c16-11-4-6-12(7-5-11)20-19-9-10-8-18-14-3-1-2-13(17)15(10)14/h1-9,18,20H,17H2/b19-9+. The fourth-order valence-electron chi connectivity index (χ4n) is 2.04. The van der Waals surface area contributed by atoms with Gasteiger partial charge in [0.2, 0.25) is 0 Å². The van der Waals surface area contributed by atoms with Gasteiger partial charge < -0.3 is 10.7 Å². The van der Waals surface area contributed by atoms with E-state index in [0.717, 1.165) is 27.8 Å². The van der Waals surface area contributed by atoms with E-state index in [1.165, 1.54) is 0 Å². The van der Waals surface area contributed by atoms with Crippen LogP contribution in [0.4, 0.5) is 11.4 Å². The van der Waals surface area contributed by atoms with Gasteiger partial charge in [0.25, 0.3) is 0 Å². The molecule has 3 rings (SSSR count). The van der Waals surface area contributed by atoms with Gasteiger partial charge in [-0.05, 0) is 36.4 Å². The molecule has 2 aromatic carbocycles. The summed E-state index contributed by atoms with van der Waals surface area (Å²) < 4.78 is 0. The van der Waals surface area contributed by atoms with Crippen LogP contribution < -0.4 is 11.2 Å². The molecule has 0 spiro atoms. The summed E-state index contributed by atoms with van der Waals surface area (Å²) in [5.41, 5.74) is 12.5. The lowest BCUT2D eigenvalue weighted by molar-refractivity contribution is 1.35. The van der Waals surface area contributed by atoms with E-state index in [1.54, 1.807) is 6.21 Å². The first kappa shape index (κ1) is 12.6. The number of halogens is 1. The number of fused-ring (bicyclic) bond motifs is 1. The Kier molecular flexibility index (Phi) is 3.31. The molecule has 0 saturated heterocycles. The first-order valence-corrected chi connectivity index (χ1v) is 6.52. The molecule has 0 aliphatic carbocycles. The van der Waals surface area contributed by atoms with Crippen molar-refractivity contribution in [3.8, 4) is 0 Å². The third-order valence-electron chi connectivity index (χ3n) is 3.01. The molecule has 0 amide bonds. The van der Waals surface area contributed by atoms with Crippen LogP contribution in [-0.2, 0) is 0 Å². The molecule has 0 aliphatic rings. The fraction of sp³-hybridized carbons (Fsp3) is 0. The van der Waals surface area contributed by atoms with Gasteiger partial charge in [0.1, 0.15) is 0 Å². The molecule has 20 heavy (non-hydrogen) atoms. The number of H-pyrrole nitrogens is 1. The Morgan fingerprint density at radius 2 is 1.95 bits per heavy atom. The quantitative estimate of drug-likeness (QED) is 0.388. The van der Waals surface area contributed by atoms with Gasteiger partial charge in [-0.3, -0.25) is 5.43 Å². The molecule has 1 heterocycles. The summed E-state index contributed by atoms with van der Waals surface area (Å²) in [6.07, 6.45) is 3.62. The number of nitrogens with two attached hydrogens (primary N) is 1. The number of aromatic nitrogens is 1. The number of nitrogen functional groups attached to an aromatic ring is 1. The normalized spacial score (nSPS) is 11.2. The van der Waals surface area contributed by atoms with E-state index in [9.17, 15) is 0 Å². The number of nitrogens with one attached hydrogen (secondary N) is 2. The highest BCUT2D eigenvalue weighted by molar-refractivity contribution is 6.30. The Labute approximate surface area is 121 Å². The monoisotopic (exact) mass is 284 g/mol. The van der Waals surface area contributed by atoms with Gasteiger partial charge >= 0.3 is 0 Å². The van der Waals surface area contributed by atoms with Gasteiger partial charge in [0.05, 0.1) is 11.9 Å². The highest BCUT2D eigenvalue weighted by atomic mass is 35.5. The molecule has 4 nitrogen and oxygen atoms in total. The van der Waals surface area contributed by atoms with Crippen LogP contribution in [0.1, 0.15) is 5.56 Å². The Morgan fingerprint density at radius 3 is 2.75 bits per heavy atom. The number of hydrogen-bond acceptors (Lipinski definition) is 3. The maximum absolute atomic E-state index is 5.98. The summed E-state index contributed by atoms with van der Waals surface area (Å²) in [6.45, 7) is 0. The minimum Gasteiger partial charge on any atom is -0.398 e. The third kappa shape index (κ3) is 2.46. The average molecular weight is 285 g/mol.